The van der Waals surface area contributed by atoms with Crippen LogP contribution in [0.2, 0.25) is 0 Å². The van der Waals surface area contributed by atoms with Gasteiger partial charge in [0.15, 0.2) is 0 Å². The van der Waals surface area contributed by atoms with Crippen LogP contribution in [0.15, 0.2) is 64.9 Å². The molecule has 1 aliphatic heterocycles. The maximum atomic E-state index is 12.9. The van der Waals surface area contributed by atoms with Crippen LogP contribution in [0.1, 0.15) is 11.1 Å². The van der Waals surface area contributed by atoms with Crippen molar-refractivity contribution in [1.29, 1.82) is 0 Å². The van der Waals surface area contributed by atoms with Crippen molar-refractivity contribution >= 4 is 23.4 Å². The fourth-order valence-corrected chi connectivity index (χ4v) is 4.51. The number of nitrogens with one attached hydrogen (secondary N) is 1. The predicted octanol–water partition coefficient (Wildman–Crippen LogP) is 4.00. The fourth-order valence-electron chi connectivity index (χ4n) is 3.70. The van der Waals surface area contributed by atoms with Gasteiger partial charge in [0, 0.05) is 13.6 Å². The van der Waals surface area contributed by atoms with E-state index in [1.54, 1.807) is 24.9 Å². The second-order valence-corrected chi connectivity index (χ2v) is 9.04. The van der Waals surface area contributed by atoms with Crippen LogP contribution < -0.4 is 10.1 Å². The number of halogens is 3. The summed E-state index contributed by atoms with van der Waals surface area (Å²) in [6, 6.07) is 13.9. The first-order chi connectivity index (χ1) is 17.7. The van der Waals surface area contributed by atoms with E-state index in [4.69, 9.17) is 4.74 Å². The van der Waals surface area contributed by atoms with Crippen molar-refractivity contribution < 1.29 is 22.7 Å². The number of hydrogen-bond acceptors (Lipinski definition) is 7. The maximum Gasteiger partial charge on any atom is 0.416 e. The summed E-state index contributed by atoms with van der Waals surface area (Å²) < 4.78 is 46.9. The molecule has 1 amide bonds. The summed E-state index contributed by atoms with van der Waals surface area (Å²) in [5, 5.41) is 20.6. The molecule has 9 nitrogen and oxygen atoms in total. The number of nitrogens with zero attached hydrogens (tertiary/aromatic N) is 6. The number of aryl methyl sites for hydroxylation is 1. The molecule has 0 fully saturated rings. The quantitative estimate of drug-likeness (QED) is 0.407. The Bertz CT molecular complexity index is 1480. The minimum atomic E-state index is -4.41. The van der Waals surface area contributed by atoms with E-state index in [0.717, 1.165) is 23.4 Å². The number of methoxy groups -OCH3 is 1. The molecule has 0 saturated heterocycles. The van der Waals surface area contributed by atoms with E-state index in [1.807, 2.05) is 24.3 Å². The van der Waals surface area contributed by atoms with E-state index in [-0.39, 0.29) is 5.91 Å². The lowest BCUT2D eigenvalue weighted by Gasteiger charge is -2.13. The standard InChI is InChI=1S/C24H20F3N7O2S/c1-33-20(15-5-7-16(8-6-15)24(25,26)27)11-18(31-33)21-29-30-23-34(21)32-19(13-37-23)22(35)28-12-14-3-9-17(36-2)10-4-14/h3-11H,12-13H2,1-2H3,(H,28,35). The molecule has 2 aromatic carbocycles. The third-order valence-corrected chi connectivity index (χ3v) is 6.59. The van der Waals surface area contributed by atoms with Gasteiger partial charge in [-0.25, -0.2) is 0 Å². The van der Waals surface area contributed by atoms with Crippen LogP contribution in [0.4, 0.5) is 13.2 Å². The fraction of sp³-hybridized carbons (Fsp3) is 0.208. The van der Waals surface area contributed by atoms with Crippen molar-refractivity contribution in [1.82, 2.24) is 30.0 Å². The number of carbonyl (C=O) groups excluding carboxylic acids is 1. The first kappa shape index (κ1) is 24.6. The molecule has 37 heavy (non-hydrogen) atoms. The zero-order valence-corrected chi connectivity index (χ0v) is 20.5. The number of thioether (sulfide) groups is 1. The molecule has 0 unspecified atom stereocenters. The van der Waals surface area contributed by atoms with Crippen molar-refractivity contribution in [2.24, 2.45) is 12.1 Å². The van der Waals surface area contributed by atoms with Crippen LogP contribution >= 0.6 is 11.8 Å². The third-order valence-electron chi connectivity index (χ3n) is 5.66. The molecule has 0 aliphatic carbocycles. The Morgan fingerprint density at radius 3 is 2.51 bits per heavy atom. The largest absolute Gasteiger partial charge is 0.497 e. The number of alkyl halides is 3. The lowest BCUT2D eigenvalue weighted by atomic mass is 10.1. The Morgan fingerprint density at radius 1 is 1.11 bits per heavy atom. The summed E-state index contributed by atoms with van der Waals surface area (Å²) in [5.41, 5.74) is 2.05. The predicted molar refractivity (Wildman–Crippen MR) is 131 cm³/mol. The van der Waals surface area contributed by atoms with Crippen LogP contribution in [0.5, 0.6) is 5.75 Å². The number of rotatable bonds is 6. The molecule has 2 aromatic heterocycles. The molecule has 190 valence electrons. The Morgan fingerprint density at radius 2 is 1.84 bits per heavy atom. The van der Waals surface area contributed by atoms with Crippen molar-refractivity contribution in [2.75, 3.05) is 12.9 Å². The number of aromatic nitrogens is 5. The summed E-state index contributed by atoms with van der Waals surface area (Å²) in [7, 11) is 3.27. The summed E-state index contributed by atoms with van der Waals surface area (Å²) in [4.78, 5) is 12.8. The smallest absolute Gasteiger partial charge is 0.416 e. The first-order valence-electron chi connectivity index (χ1n) is 11.0. The number of ether oxygens (including phenoxy) is 1. The first-order valence-corrected chi connectivity index (χ1v) is 12.0. The summed E-state index contributed by atoms with van der Waals surface area (Å²) >= 11 is 1.32. The lowest BCUT2D eigenvalue weighted by molar-refractivity contribution is -0.137. The van der Waals surface area contributed by atoms with Gasteiger partial charge in [0.1, 0.15) is 17.2 Å². The highest BCUT2D eigenvalue weighted by molar-refractivity contribution is 8.00. The number of carbonyl (C=O) groups is 1. The van der Waals surface area contributed by atoms with Gasteiger partial charge in [-0.2, -0.15) is 28.0 Å². The lowest BCUT2D eigenvalue weighted by Crippen LogP contribution is -2.33. The maximum absolute atomic E-state index is 12.9. The molecule has 0 spiro atoms. The number of hydrogen-bond donors (Lipinski definition) is 1. The van der Waals surface area contributed by atoms with Crippen LogP contribution in [-0.4, -0.2) is 49.1 Å². The van der Waals surface area contributed by atoms with E-state index in [1.165, 1.54) is 28.6 Å². The molecule has 1 N–H and O–H groups in total. The minimum absolute atomic E-state index is 0.297. The Hall–Kier alpha value is -4.13. The summed E-state index contributed by atoms with van der Waals surface area (Å²) in [6.07, 6.45) is -4.41. The molecule has 0 bridgehead atoms. The highest BCUT2D eigenvalue weighted by atomic mass is 32.2. The van der Waals surface area contributed by atoms with Gasteiger partial charge in [-0.15, -0.1) is 10.2 Å². The van der Waals surface area contributed by atoms with Crippen LogP contribution in [0, 0.1) is 0 Å². The van der Waals surface area contributed by atoms with Crippen LogP contribution in [0.3, 0.4) is 0 Å². The minimum Gasteiger partial charge on any atom is -0.497 e. The molecule has 3 heterocycles. The van der Waals surface area contributed by atoms with Crippen molar-refractivity contribution in [3.8, 4) is 28.5 Å². The van der Waals surface area contributed by atoms with Gasteiger partial charge in [-0.3, -0.25) is 9.48 Å². The molecule has 1 aliphatic rings. The highest BCUT2D eigenvalue weighted by Crippen LogP contribution is 2.32. The van der Waals surface area contributed by atoms with Gasteiger partial charge in [-0.05, 0) is 41.5 Å². The SMILES string of the molecule is COc1ccc(CNC(=O)C2=Nn3c(nnc3-c3cc(-c4ccc(C(F)(F)F)cc4)n(C)n3)SC2)cc1. The second kappa shape index (κ2) is 9.73. The Balaban J connectivity index is 1.36. The summed E-state index contributed by atoms with van der Waals surface area (Å²) in [5.74, 6) is 1.05. The Labute approximate surface area is 213 Å². The zero-order chi connectivity index (χ0) is 26.2. The van der Waals surface area contributed by atoms with E-state index in [2.05, 4.69) is 25.7 Å². The molecule has 0 atom stereocenters. The van der Waals surface area contributed by atoms with Crippen molar-refractivity contribution in [3.05, 3.63) is 65.7 Å². The second-order valence-electron chi connectivity index (χ2n) is 8.10. The average Bonchev–Trinajstić information content (AvgIpc) is 3.50. The number of benzene rings is 2. The normalized spacial score (nSPS) is 13.2. The molecular formula is C24H20F3N7O2S. The Kier molecular flexibility index (Phi) is 6.46. The molecule has 5 rings (SSSR count). The van der Waals surface area contributed by atoms with E-state index in [0.29, 0.717) is 45.9 Å². The van der Waals surface area contributed by atoms with Crippen LogP contribution in [-0.2, 0) is 24.6 Å². The van der Waals surface area contributed by atoms with Gasteiger partial charge in [0.25, 0.3) is 5.91 Å². The van der Waals surface area contributed by atoms with Gasteiger partial charge in [0.05, 0.1) is 24.1 Å². The van der Waals surface area contributed by atoms with E-state index >= 15 is 0 Å². The molecular weight excluding hydrogens is 507 g/mol. The number of amides is 1. The third kappa shape index (κ3) is 5.07. The van der Waals surface area contributed by atoms with Crippen LogP contribution in [0.25, 0.3) is 22.8 Å². The molecule has 4 aromatic rings. The molecule has 0 saturated carbocycles. The average molecular weight is 528 g/mol. The molecule has 0 radical (unpaired) electrons. The van der Waals surface area contributed by atoms with Gasteiger partial charge >= 0.3 is 6.18 Å². The molecule has 13 heteroatoms. The monoisotopic (exact) mass is 527 g/mol. The van der Waals surface area contributed by atoms with Gasteiger partial charge in [0.2, 0.25) is 11.0 Å². The van der Waals surface area contributed by atoms with E-state index < -0.39 is 11.7 Å². The van der Waals surface area contributed by atoms with Crippen molar-refractivity contribution in [3.63, 3.8) is 0 Å². The zero-order valence-electron chi connectivity index (χ0n) is 19.7. The van der Waals surface area contributed by atoms with Gasteiger partial charge in [-0.1, -0.05) is 36.0 Å². The van der Waals surface area contributed by atoms with Crippen molar-refractivity contribution in [2.45, 2.75) is 17.9 Å². The highest BCUT2D eigenvalue weighted by Gasteiger charge is 2.30. The summed E-state index contributed by atoms with van der Waals surface area (Å²) in [6.45, 7) is 0.325. The van der Waals surface area contributed by atoms with E-state index in [9.17, 15) is 18.0 Å². The number of fused-ring (bicyclic) bond motifs is 1. The topological polar surface area (TPSA) is 99.2 Å². The van der Waals surface area contributed by atoms with Gasteiger partial charge < -0.3 is 10.1 Å².